The predicted octanol–water partition coefficient (Wildman–Crippen LogP) is 6.83. The Hall–Kier alpha value is -4.18. The Labute approximate surface area is 193 Å². The van der Waals surface area contributed by atoms with Crippen molar-refractivity contribution < 1.29 is 14.3 Å². The molecule has 0 aliphatic heterocycles. The van der Waals surface area contributed by atoms with E-state index in [1.54, 1.807) is 30.3 Å². The minimum Gasteiger partial charge on any atom is -0.445 e. The third-order valence-corrected chi connectivity index (χ3v) is 5.56. The van der Waals surface area contributed by atoms with E-state index in [9.17, 15) is 9.59 Å². The van der Waals surface area contributed by atoms with E-state index in [0.717, 1.165) is 16.8 Å². The van der Waals surface area contributed by atoms with Crippen molar-refractivity contribution in [2.75, 3.05) is 5.32 Å². The average Bonchev–Trinajstić information content (AvgIpc) is 2.85. The fourth-order valence-corrected chi connectivity index (χ4v) is 3.56. The van der Waals surface area contributed by atoms with E-state index in [1.807, 2.05) is 86.6 Å². The molecule has 1 atom stereocenters. The second-order valence-electron chi connectivity index (χ2n) is 7.90. The van der Waals surface area contributed by atoms with Gasteiger partial charge < -0.3 is 10.1 Å². The number of ether oxygens (including phenoxy) is 1. The zero-order valence-corrected chi connectivity index (χ0v) is 18.6. The summed E-state index contributed by atoms with van der Waals surface area (Å²) in [7, 11) is 0. The molecule has 1 unspecified atom stereocenters. The van der Waals surface area contributed by atoms with Gasteiger partial charge in [-0.15, -0.1) is 0 Å². The second kappa shape index (κ2) is 9.96. The van der Waals surface area contributed by atoms with E-state index >= 15 is 0 Å². The van der Waals surface area contributed by atoms with Crippen LogP contribution in [0.2, 0.25) is 0 Å². The van der Waals surface area contributed by atoms with Gasteiger partial charge in [-0.25, -0.2) is 4.79 Å². The van der Waals surface area contributed by atoms with Crippen molar-refractivity contribution >= 4 is 23.1 Å². The van der Waals surface area contributed by atoms with Crippen molar-refractivity contribution in [3.8, 4) is 0 Å². The Morgan fingerprint density at radius 1 is 0.727 bits per heavy atom. The monoisotopic (exact) mass is 435 g/mol. The van der Waals surface area contributed by atoms with Gasteiger partial charge in [0, 0.05) is 16.8 Å². The highest BCUT2D eigenvalue weighted by Crippen LogP contribution is 2.28. The summed E-state index contributed by atoms with van der Waals surface area (Å²) in [5.41, 5.74) is 5.06. The number of anilines is 2. The fraction of sp³-hybridized carbons (Fsp3) is 0.103. The van der Waals surface area contributed by atoms with Gasteiger partial charge in [-0.2, -0.15) is 0 Å². The predicted molar refractivity (Wildman–Crippen MR) is 131 cm³/mol. The molecule has 0 heterocycles. The summed E-state index contributed by atoms with van der Waals surface area (Å²) in [6.07, 6.45) is -1.05. The number of hydrogen-bond donors (Lipinski definition) is 1. The van der Waals surface area contributed by atoms with Crippen molar-refractivity contribution in [2.24, 2.45) is 0 Å². The first-order valence-electron chi connectivity index (χ1n) is 10.8. The van der Waals surface area contributed by atoms with Crippen LogP contribution in [0.3, 0.4) is 0 Å². The molecule has 164 valence electrons. The number of esters is 1. The Morgan fingerprint density at radius 2 is 1.36 bits per heavy atom. The molecule has 0 aliphatic rings. The van der Waals surface area contributed by atoms with Crippen LogP contribution in [0.4, 0.5) is 11.4 Å². The number of Topliss-reactive ketones (excluding diaryl/α,β-unsaturated/α-hetero) is 1. The number of carbonyl (C=O) groups is 2. The van der Waals surface area contributed by atoms with Crippen LogP contribution >= 0.6 is 0 Å². The van der Waals surface area contributed by atoms with Gasteiger partial charge in [0.05, 0.1) is 11.3 Å². The third-order valence-electron chi connectivity index (χ3n) is 5.56. The van der Waals surface area contributed by atoms with Gasteiger partial charge in [0.15, 0.2) is 6.10 Å². The number of para-hydroxylation sites is 2. The molecule has 0 amide bonds. The van der Waals surface area contributed by atoms with Crippen molar-refractivity contribution in [2.45, 2.75) is 20.0 Å². The van der Waals surface area contributed by atoms with E-state index in [0.29, 0.717) is 22.4 Å². The highest BCUT2D eigenvalue weighted by molar-refractivity contribution is 6.03. The summed E-state index contributed by atoms with van der Waals surface area (Å²) < 4.78 is 5.86. The maximum absolute atomic E-state index is 13.5. The zero-order valence-electron chi connectivity index (χ0n) is 18.6. The van der Waals surface area contributed by atoms with Crippen LogP contribution in [0.1, 0.15) is 43.5 Å². The Morgan fingerprint density at radius 3 is 2.06 bits per heavy atom. The molecule has 0 spiro atoms. The molecule has 0 bridgehead atoms. The summed E-state index contributed by atoms with van der Waals surface area (Å²) in [5.74, 6) is -0.828. The van der Waals surface area contributed by atoms with E-state index in [-0.39, 0.29) is 5.78 Å². The molecule has 0 saturated carbocycles. The van der Waals surface area contributed by atoms with Gasteiger partial charge in [-0.3, -0.25) is 4.79 Å². The molecule has 0 aromatic heterocycles. The summed E-state index contributed by atoms with van der Waals surface area (Å²) in [4.78, 5) is 26.7. The van der Waals surface area contributed by atoms with Crippen molar-refractivity contribution in [1.82, 2.24) is 0 Å². The topological polar surface area (TPSA) is 55.4 Å². The molecule has 33 heavy (non-hydrogen) atoms. The van der Waals surface area contributed by atoms with E-state index in [4.69, 9.17) is 4.74 Å². The maximum Gasteiger partial charge on any atom is 0.341 e. The van der Waals surface area contributed by atoms with Gasteiger partial charge in [0.2, 0.25) is 5.78 Å². The molecule has 0 fully saturated rings. The van der Waals surface area contributed by atoms with Crippen LogP contribution in [0.25, 0.3) is 0 Å². The van der Waals surface area contributed by atoms with E-state index < -0.39 is 12.1 Å². The minimum atomic E-state index is -1.05. The first kappa shape index (κ1) is 22.0. The standard InChI is InChI=1S/C29H25NO3/c1-20-17-18-23(19-21(20)2)27(31)28(22-11-5-3-6-12-22)33-29(32)25-15-9-10-16-26(25)30-24-13-7-4-8-14-24/h3-19,28,30H,1-2H3. The van der Waals surface area contributed by atoms with Crippen molar-refractivity contribution in [3.63, 3.8) is 0 Å². The molecular weight excluding hydrogens is 410 g/mol. The summed E-state index contributed by atoms with van der Waals surface area (Å²) in [5, 5.41) is 3.26. The Bertz CT molecular complexity index is 1270. The molecular formula is C29H25NO3. The second-order valence-corrected chi connectivity index (χ2v) is 7.90. The molecule has 0 saturated heterocycles. The van der Waals surface area contributed by atoms with Crippen molar-refractivity contribution in [3.05, 3.63) is 131 Å². The normalized spacial score (nSPS) is 11.5. The molecule has 4 aromatic carbocycles. The largest absolute Gasteiger partial charge is 0.445 e. The quantitative estimate of drug-likeness (QED) is 0.255. The van der Waals surface area contributed by atoms with Gasteiger partial charge in [0.1, 0.15) is 0 Å². The van der Waals surface area contributed by atoms with Crippen LogP contribution in [-0.4, -0.2) is 11.8 Å². The molecule has 4 nitrogen and oxygen atoms in total. The van der Waals surface area contributed by atoms with Crippen molar-refractivity contribution in [1.29, 1.82) is 0 Å². The van der Waals surface area contributed by atoms with Gasteiger partial charge >= 0.3 is 5.97 Å². The third kappa shape index (κ3) is 5.18. The van der Waals surface area contributed by atoms with E-state index in [2.05, 4.69) is 5.32 Å². The van der Waals surface area contributed by atoms with Crippen LogP contribution in [0.15, 0.2) is 103 Å². The Kier molecular flexibility index (Phi) is 6.65. The SMILES string of the molecule is Cc1ccc(C(=O)C(OC(=O)c2ccccc2Nc2ccccc2)c2ccccc2)cc1C. The molecule has 0 aliphatic carbocycles. The molecule has 4 heteroatoms. The first-order chi connectivity index (χ1) is 16.0. The summed E-state index contributed by atoms with van der Waals surface area (Å²) in [6, 6.07) is 31.3. The highest BCUT2D eigenvalue weighted by Gasteiger charge is 2.28. The number of benzene rings is 4. The number of ketones is 1. The smallest absolute Gasteiger partial charge is 0.341 e. The average molecular weight is 436 g/mol. The van der Waals surface area contributed by atoms with E-state index in [1.165, 1.54) is 0 Å². The van der Waals surface area contributed by atoms with Crippen LogP contribution in [-0.2, 0) is 4.74 Å². The lowest BCUT2D eigenvalue weighted by molar-refractivity contribution is 0.0281. The highest BCUT2D eigenvalue weighted by atomic mass is 16.5. The summed E-state index contributed by atoms with van der Waals surface area (Å²) >= 11 is 0. The lowest BCUT2D eigenvalue weighted by atomic mass is 9.97. The lowest BCUT2D eigenvalue weighted by Crippen LogP contribution is -2.21. The van der Waals surface area contributed by atoms with Crippen LogP contribution in [0, 0.1) is 13.8 Å². The lowest BCUT2D eigenvalue weighted by Gasteiger charge is -2.19. The molecule has 0 radical (unpaired) electrons. The number of carbonyl (C=O) groups excluding carboxylic acids is 2. The van der Waals surface area contributed by atoms with Gasteiger partial charge in [0.25, 0.3) is 0 Å². The number of hydrogen-bond acceptors (Lipinski definition) is 4. The van der Waals surface area contributed by atoms with Gasteiger partial charge in [-0.1, -0.05) is 72.8 Å². The number of aryl methyl sites for hydroxylation is 2. The molecule has 4 rings (SSSR count). The zero-order chi connectivity index (χ0) is 23.2. The fourth-order valence-electron chi connectivity index (χ4n) is 3.56. The maximum atomic E-state index is 13.5. The molecule has 4 aromatic rings. The molecule has 1 N–H and O–H groups in total. The minimum absolute atomic E-state index is 0.258. The van der Waals surface area contributed by atoms with Crippen LogP contribution < -0.4 is 5.32 Å². The van der Waals surface area contributed by atoms with Crippen LogP contribution in [0.5, 0.6) is 0 Å². The Balaban J connectivity index is 1.65. The summed E-state index contributed by atoms with van der Waals surface area (Å²) in [6.45, 7) is 3.95. The number of rotatable bonds is 7. The first-order valence-corrected chi connectivity index (χ1v) is 10.8. The number of nitrogens with one attached hydrogen (secondary N) is 1. The van der Waals surface area contributed by atoms with Gasteiger partial charge in [-0.05, 0) is 55.3 Å².